The van der Waals surface area contributed by atoms with Gasteiger partial charge in [0.25, 0.3) is 0 Å². The number of aromatic nitrogens is 3. The number of carbonyl (C=O) groups is 1. The van der Waals surface area contributed by atoms with Crippen molar-refractivity contribution in [1.82, 2.24) is 14.8 Å². The molecule has 1 aromatic heterocycles. The molecule has 1 aromatic carbocycles. The molecule has 6 heteroatoms. The SMILES string of the molecule is O=C(O)Nc1ccc(-n2cncn2)cc1. The Morgan fingerprint density at radius 3 is 2.60 bits per heavy atom. The van der Waals surface area contributed by atoms with Crippen LogP contribution < -0.4 is 5.32 Å². The van der Waals surface area contributed by atoms with E-state index in [1.807, 2.05) is 0 Å². The van der Waals surface area contributed by atoms with E-state index in [1.165, 1.54) is 6.33 Å². The van der Waals surface area contributed by atoms with E-state index in [1.54, 1.807) is 35.3 Å². The Hall–Kier alpha value is -2.37. The van der Waals surface area contributed by atoms with Crippen LogP contribution >= 0.6 is 0 Å². The van der Waals surface area contributed by atoms with Crippen molar-refractivity contribution in [2.75, 3.05) is 5.32 Å². The maximum atomic E-state index is 10.3. The van der Waals surface area contributed by atoms with Gasteiger partial charge >= 0.3 is 6.09 Å². The average Bonchev–Trinajstić information content (AvgIpc) is 2.71. The van der Waals surface area contributed by atoms with Gasteiger partial charge in [0, 0.05) is 5.69 Å². The van der Waals surface area contributed by atoms with Gasteiger partial charge < -0.3 is 5.11 Å². The van der Waals surface area contributed by atoms with Crippen LogP contribution in [0.15, 0.2) is 36.9 Å². The molecule has 0 unspecified atom stereocenters. The fourth-order valence-electron chi connectivity index (χ4n) is 1.16. The molecule has 0 bridgehead atoms. The Morgan fingerprint density at radius 2 is 2.07 bits per heavy atom. The topological polar surface area (TPSA) is 80.0 Å². The third kappa shape index (κ3) is 2.11. The van der Waals surface area contributed by atoms with Crippen molar-refractivity contribution in [2.24, 2.45) is 0 Å². The predicted octanol–water partition coefficient (Wildman–Crippen LogP) is 1.36. The molecule has 76 valence electrons. The Morgan fingerprint density at radius 1 is 1.33 bits per heavy atom. The summed E-state index contributed by atoms with van der Waals surface area (Å²) in [6, 6.07) is 6.82. The number of hydrogen-bond acceptors (Lipinski definition) is 3. The summed E-state index contributed by atoms with van der Waals surface area (Å²) in [5.41, 5.74) is 1.34. The summed E-state index contributed by atoms with van der Waals surface area (Å²) in [7, 11) is 0. The largest absolute Gasteiger partial charge is 0.465 e. The number of anilines is 1. The van der Waals surface area contributed by atoms with Gasteiger partial charge in [-0.1, -0.05) is 0 Å². The van der Waals surface area contributed by atoms with E-state index in [0.29, 0.717) is 5.69 Å². The van der Waals surface area contributed by atoms with Gasteiger partial charge in [0.15, 0.2) is 0 Å². The number of nitrogens with one attached hydrogen (secondary N) is 1. The zero-order valence-corrected chi connectivity index (χ0v) is 7.66. The first-order valence-corrected chi connectivity index (χ1v) is 4.21. The second kappa shape index (κ2) is 3.79. The van der Waals surface area contributed by atoms with Gasteiger partial charge in [-0.15, -0.1) is 0 Å². The van der Waals surface area contributed by atoms with E-state index >= 15 is 0 Å². The minimum atomic E-state index is -1.08. The molecule has 0 atom stereocenters. The molecule has 0 fully saturated rings. The van der Waals surface area contributed by atoms with Crippen LogP contribution in [0.2, 0.25) is 0 Å². The number of carboxylic acid groups (broad SMARTS) is 1. The van der Waals surface area contributed by atoms with Crippen molar-refractivity contribution in [2.45, 2.75) is 0 Å². The van der Waals surface area contributed by atoms with Gasteiger partial charge in [-0.25, -0.2) is 14.5 Å². The molecule has 2 rings (SSSR count). The van der Waals surface area contributed by atoms with Gasteiger partial charge in [0.1, 0.15) is 12.7 Å². The molecule has 1 heterocycles. The first kappa shape index (κ1) is 9.20. The van der Waals surface area contributed by atoms with E-state index in [-0.39, 0.29) is 0 Å². The van der Waals surface area contributed by atoms with E-state index < -0.39 is 6.09 Å². The standard InChI is InChI=1S/C9H8N4O2/c14-9(15)12-7-1-3-8(4-2-7)13-6-10-5-11-13/h1-6,12H,(H,14,15). The number of nitrogens with zero attached hydrogens (tertiary/aromatic N) is 3. The van der Waals surface area contributed by atoms with Crippen LogP contribution in [0.3, 0.4) is 0 Å². The molecule has 0 aliphatic rings. The van der Waals surface area contributed by atoms with E-state index in [9.17, 15) is 4.79 Å². The molecule has 6 nitrogen and oxygen atoms in total. The number of hydrogen-bond donors (Lipinski definition) is 2. The summed E-state index contributed by atoms with van der Waals surface area (Å²) in [5, 5.41) is 14.7. The highest BCUT2D eigenvalue weighted by molar-refractivity contribution is 5.82. The summed E-state index contributed by atoms with van der Waals surface area (Å²) >= 11 is 0. The van der Waals surface area contributed by atoms with Gasteiger partial charge in [-0.05, 0) is 24.3 Å². The maximum Gasteiger partial charge on any atom is 0.409 e. The van der Waals surface area contributed by atoms with Gasteiger partial charge in [0.05, 0.1) is 5.69 Å². The first-order valence-electron chi connectivity index (χ1n) is 4.21. The summed E-state index contributed by atoms with van der Waals surface area (Å²) in [6.45, 7) is 0. The zero-order valence-electron chi connectivity index (χ0n) is 7.66. The van der Waals surface area contributed by atoms with E-state index in [0.717, 1.165) is 5.69 Å². The molecule has 0 saturated heterocycles. The third-order valence-electron chi connectivity index (χ3n) is 1.80. The average molecular weight is 204 g/mol. The normalized spacial score (nSPS) is 9.87. The van der Waals surface area contributed by atoms with Gasteiger partial charge in [0.2, 0.25) is 0 Å². The fourth-order valence-corrected chi connectivity index (χ4v) is 1.16. The third-order valence-corrected chi connectivity index (χ3v) is 1.80. The van der Waals surface area contributed by atoms with Crippen molar-refractivity contribution < 1.29 is 9.90 Å². The number of benzene rings is 1. The molecular formula is C9H8N4O2. The minimum Gasteiger partial charge on any atom is -0.465 e. The highest BCUT2D eigenvalue weighted by atomic mass is 16.4. The Labute approximate surface area is 85.2 Å². The van der Waals surface area contributed by atoms with Crippen LogP contribution in [0.1, 0.15) is 0 Å². The van der Waals surface area contributed by atoms with Crippen LogP contribution in [0.25, 0.3) is 5.69 Å². The van der Waals surface area contributed by atoms with Crippen molar-refractivity contribution in [3.05, 3.63) is 36.9 Å². The van der Waals surface area contributed by atoms with Crippen LogP contribution in [0.5, 0.6) is 0 Å². The molecule has 15 heavy (non-hydrogen) atoms. The summed E-state index contributed by atoms with van der Waals surface area (Å²) in [5.74, 6) is 0. The molecule has 0 aliphatic heterocycles. The second-order valence-electron chi connectivity index (χ2n) is 2.82. The second-order valence-corrected chi connectivity index (χ2v) is 2.82. The molecule has 0 spiro atoms. The summed E-state index contributed by atoms with van der Waals surface area (Å²) < 4.78 is 1.59. The Balaban J connectivity index is 2.21. The predicted molar refractivity (Wildman–Crippen MR) is 53.0 cm³/mol. The van der Waals surface area contributed by atoms with Crippen LogP contribution in [0, 0.1) is 0 Å². The lowest BCUT2D eigenvalue weighted by molar-refractivity contribution is 0.210. The van der Waals surface area contributed by atoms with Crippen molar-refractivity contribution in [3.8, 4) is 5.69 Å². The molecule has 2 aromatic rings. The van der Waals surface area contributed by atoms with E-state index in [2.05, 4.69) is 15.4 Å². The van der Waals surface area contributed by atoms with Gasteiger partial charge in [-0.3, -0.25) is 5.32 Å². The van der Waals surface area contributed by atoms with Crippen LogP contribution in [0.4, 0.5) is 10.5 Å². The number of rotatable bonds is 2. The molecule has 0 aliphatic carbocycles. The monoisotopic (exact) mass is 204 g/mol. The van der Waals surface area contributed by atoms with Crippen molar-refractivity contribution >= 4 is 11.8 Å². The van der Waals surface area contributed by atoms with Crippen molar-refractivity contribution in [1.29, 1.82) is 0 Å². The maximum absolute atomic E-state index is 10.3. The van der Waals surface area contributed by atoms with Crippen LogP contribution in [-0.2, 0) is 0 Å². The molecule has 1 amide bonds. The molecular weight excluding hydrogens is 196 g/mol. The lowest BCUT2D eigenvalue weighted by atomic mass is 10.3. The highest BCUT2D eigenvalue weighted by Gasteiger charge is 1.99. The summed E-state index contributed by atoms with van der Waals surface area (Å²) in [6.07, 6.45) is 1.92. The Kier molecular flexibility index (Phi) is 2.32. The van der Waals surface area contributed by atoms with Gasteiger partial charge in [-0.2, -0.15) is 5.10 Å². The highest BCUT2D eigenvalue weighted by Crippen LogP contribution is 2.11. The quantitative estimate of drug-likeness (QED) is 0.773. The van der Waals surface area contributed by atoms with E-state index in [4.69, 9.17) is 5.11 Å². The Bertz CT molecular complexity index is 449. The lowest BCUT2D eigenvalue weighted by Gasteiger charge is -2.02. The number of amides is 1. The zero-order chi connectivity index (χ0) is 10.7. The smallest absolute Gasteiger partial charge is 0.409 e. The summed E-state index contributed by atoms with van der Waals surface area (Å²) in [4.78, 5) is 14.2. The molecule has 2 N–H and O–H groups in total. The fraction of sp³-hybridized carbons (Fsp3) is 0. The van der Waals surface area contributed by atoms with Crippen LogP contribution in [-0.4, -0.2) is 26.0 Å². The lowest BCUT2D eigenvalue weighted by Crippen LogP contribution is -2.07. The van der Waals surface area contributed by atoms with Crippen molar-refractivity contribution in [3.63, 3.8) is 0 Å². The first-order chi connectivity index (χ1) is 7.25. The minimum absolute atomic E-state index is 0.520. The molecule has 0 radical (unpaired) electrons. The molecule has 0 saturated carbocycles.